The second-order valence-electron chi connectivity index (χ2n) is 2.97. The van der Waals surface area contributed by atoms with Crippen LogP contribution in [-0.2, 0) is 0 Å². The lowest BCUT2D eigenvalue weighted by molar-refractivity contribution is 0.0948. The van der Waals surface area contributed by atoms with Crippen LogP contribution in [0.3, 0.4) is 0 Å². The highest BCUT2D eigenvalue weighted by molar-refractivity contribution is 7.03. The van der Waals surface area contributed by atoms with Crippen molar-refractivity contribution in [2.24, 2.45) is 0 Å². The van der Waals surface area contributed by atoms with Crippen LogP contribution in [0.15, 0.2) is 5.38 Å². The lowest BCUT2D eigenvalue weighted by Gasteiger charge is -2.03. The van der Waals surface area contributed by atoms with Crippen LogP contribution in [0.5, 0.6) is 0 Å². The molecule has 0 radical (unpaired) electrons. The Hall–Kier alpha value is -0.680. The Morgan fingerprint density at radius 2 is 2.57 bits per heavy atom. The first-order chi connectivity index (χ1) is 6.70. The molecule has 1 atom stereocenters. The van der Waals surface area contributed by atoms with E-state index in [4.69, 9.17) is 11.6 Å². The Labute approximate surface area is 91.8 Å². The van der Waals surface area contributed by atoms with Crippen molar-refractivity contribution in [3.8, 4) is 0 Å². The van der Waals surface area contributed by atoms with Gasteiger partial charge in [-0.2, -0.15) is 0 Å². The molecule has 0 fully saturated rings. The highest BCUT2D eigenvalue weighted by atomic mass is 35.5. The zero-order chi connectivity index (χ0) is 10.4. The van der Waals surface area contributed by atoms with Gasteiger partial charge in [-0.3, -0.25) is 4.79 Å². The SMILES string of the molecule is CC(Cl)CCCNC(=O)c1csnn1. The first-order valence-electron chi connectivity index (χ1n) is 4.39. The summed E-state index contributed by atoms with van der Waals surface area (Å²) in [4.78, 5) is 11.3. The standard InChI is InChI=1S/C8H12ClN3OS/c1-6(9)3-2-4-10-8(13)7-5-14-12-11-7/h5-6H,2-4H2,1H3,(H,10,13). The van der Waals surface area contributed by atoms with Gasteiger partial charge in [-0.25, -0.2) is 0 Å². The number of carbonyl (C=O) groups is 1. The molecule has 1 rings (SSSR count). The molecule has 1 aromatic heterocycles. The van der Waals surface area contributed by atoms with Crippen molar-refractivity contribution in [2.75, 3.05) is 6.54 Å². The number of carbonyl (C=O) groups excluding carboxylic acids is 1. The van der Waals surface area contributed by atoms with Crippen LogP contribution in [0.1, 0.15) is 30.3 Å². The molecule has 0 aliphatic rings. The lowest BCUT2D eigenvalue weighted by atomic mass is 10.2. The Kier molecular flexibility index (Phi) is 4.82. The summed E-state index contributed by atoms with van der Waals surface area (Å²) in [7, 11) is 0. The average Bonchev–Trinajstić information content (AvgIpc) is 2.64. The molecule has 4 nitrogen and oxygen atoms in total. The molecule has 6 heteroatoms. The van der Waals surface area contributed by atoms with Gasteiger partial charge in [-0.15, -0.1) is 16.7 Å². The van der Waals surface area contributed by atoms with E-state index in [0.717, 1.165) is 12.8 Å². The third kappa shape index (κ3) is 4.02. The van der Waals surface area contributed by atoms with E-state index in [-0.39, 0.29) is 11.3 Å². The average molecular weight is 234 g/mol. The van der Waals surface area contributed by atoms with Gasteiger partial charge >= 0.3 is 0 Å². The Morgan fingerprint density at radius 1 is 1.79 bits per heavy atom. The summed E-state index contributed by atoms with van der Waals surface area (Å²) < 4.78 is 3.61. The molecule has 1 heterocycles. The van der Waals surface area contributed by atoms with Crippen molar-refractivity contribution in [2.45, 2.75) is 25.1 Å². The zero-order valence-electron chi connectivity index (χ0n) is 7.86. The lowest BCUT2D eigenvalue weighted by Crippen LogP contribution is -2.25. The smallest absolute Gasteiger partial charge is 0.272 e. The van der Waals surface area contributed by atoms with E-state index in [0.29, 0.717) is 12.2 Å². The van der Waals surface area contributed by atoms with E-state index < -0.39 is 0 Å². The minimum absolute atomic E-state index is 0.160. The first-order valence-corrected chi connectivity index (χ1v) is 5.67. The topological polar surface area (TPSA) is 54.9 Å². The van der Waals surface area contributed by atoms with Crippen molar-refractivity contribution >= 4 is 29.0 Å². The van der Waals surface area contributed by atoms with E-state index in [9.17, 15) is 4.79 Å². The van der Waals surface area contributed by atoms with Gasteiger partial charge in [0.05, 0.1) is 0 Å². The van der Waals surface area contributed by atoms with Crippen LogP contribution < -0.4 is 5.32 Å². The van der Waals surface area contributed by atoms with E-state index in [2.05, 4.69) is 14.9 Å². The fourth-order valence-corrected chi connectivity index (χ4v) is 1.53. The number of nitrogens with one attached hydrogen (secondary N) is 1. The molecule has 0 aromatic carbocycles. The summed E-state index contributed by atoms with van der Waals surface area (Å²) in [5, 5.41) is 8.19. The molecular formula is C8H12ClN3OS. The second kappa shape index (κ2) is 5.93. The predicted molar refractivity (Wildman–Crippen MR) is 56.8 cm³/mol. The van der Waals surface area contributed by atoms with Gasteiger partial charge in [0.2, 0.25) is 0 Å². The predicted octanol–water partition coefficient (Wildman–Crippen LogP) is 1.68. The molecule has 78 valence electrons. The molecular weight excluding hydrogens is 222 g/mol. The maximum absolute atomic E-state index is 11.3. The molecule has 0 saturated carbocycles. The molecule has 1 aromatic rings. The fourth-order valence-electron chi connectivity index (χ4n) is 0.939. The summed E-state index contributed by atoms with van der Waals surface area (Å²) in [6, 6.07) is 0. The number of aromatic nitrogens is 2. The first kappa shape index (κ1) is 11.4. The Bertz CT molecular complexity index is 276. The summed E-state index contributed by atoms with van der Waals surface area (Å²) >= 11 is 6.93. The molecule has 0 aliphatic carbocycles. The fraction of sp³-hybridized carbons (Fsp3) is 0.625. The largest absolute Gasteiger partial charge is 0.351 e. The summed E-state index contributed by atoms with van der Waals surface area (Å²) in [5.41, 5.74) is 0.383. The van der Waals surface area contributed by atoms with Crippen molar-refractivity contribution < 1.29 is 4.79 Å². The van der Waals surface area contributed by atoms with Crippen LogP contribution in [0, 0.1) is 0 Å². The Balaban J connectivity index is 2.16. The second-order valence-corrected chi connectivity index (χ2v) is 4.32. The van der Waals surface area contributed by atoms with Crippen LogP contribution in [-0.4, -0.2) is 27.4 Å². The van der Waals surface area contributed by atoms with Crippen molar-refractivity contribution in [1.82, 2.24) is 14.9 Å². The number of rotatable bonds is 5. The van der Waals surface area contributed by atoms with Crippen molar-refractivity contribution in [3.63, 3.8) is 0 Å². The van der Waals surface area contributed by atoms with Crippen LogP contribution in [0.25, 0.3) is 0 Å². The van der Waals surface area contributed by atoms with Crippen molar-refractivity contribution in [1.29, 1.82) is 0 Å². The number of nitrogens with zero attached hydrogens (tertiary/aromatic N) is 2. The van der Waals surface area contributed by atoms with Crippen LogP contribution >= 0.6 is 23.1 Å². The number of hydrogen-bond donors (Lipinski definition) is 1. The highest BCUT2D eigenvalue weighted by Gasteiger charge is 2.07. The third-order valence-electron chi connectivity index (χ3n) is 1.66. The molecule has 1 N–H and O–H groups in total. The normalized spacial score (nSPS) is 12.4. The van der Waals surface area contributed by atoms with Crippen LogP contribution in [0.2, 0.25) is 0 Å². The van der Waals surface area contributed by atoms with Gasteiger partial charge < -0.3 is 5.32 Å². The molecule has 1 amide bonds. The Morgan fingerprint density at radius 3 is 3.14 bits per heavy atom. The van der Waals surface area contributed by atoms with E-state index in [1.54, 1.807) is 5.38 Å². The molecule has 14 heavy (non-hydrogen) atoms. The molecule has 0 aliphatic heterocycles. The molecule has 1 unspecified atom stereocenters. The highest BCUT2D eigenvalue weighted by Crippen LogP contribution is 2.02. The minimum Gasteiger partial charge on any atom is -0.351 e. The van der Waals surface area contributed by atoms with E-state index in [1.165, 1.54) is 11.5 Å². The zero-order valence-corrected chi connectivity index (χ0v) is 9.44. The summed E-state index contributed by atoms with van der Waals surface area (Å²) in [6.45, 7) is 2.57. The van der Waals surface area contributed by atoms with Gasteiger partial charge in [0, 0.05) is 17.3 Å². The quantitative estimate of drug-likeness (QED) is 0.622. The third-order valence-corrected chi connectivity index (χ3v) is 2.38. The monoisotopic (exact) mass is 233 g/mol. The van der Waals surface area contributed by atoms with E-state index >= 15 is 0 Å². The van der Waals surface area contributed by atoms with Gasteiger partial charge in [0.15, 0.2) is 5.69 Å². The van der Waals surface area contributed by atoms with Gasteiger partial charge in [-0.05, 0) is 31.3 Å². The number of halogens is 1. The van der Waals surface area contributed by atoms with Gasteiger partial charge in [-0.1, -0.05) is 4.49 Å². The minimum atomic E-state index is -0.166. The van der Waals surface area contributed by atoms with Crippen LogP contribution in [0.4, 0.5) is 0 Å². The van der Waals surface area contributed by atoms with E-state index in [1.807, 2.05) is 6.92 Å². The summed E-state index contributed by atoms with van der Waals surface area (Å²) in [5.74, 6) is -0.166. The molecule has 0 bridgehead atoms. The number of amides is 1. The molecule has 0 spiro atoms. The van der Waals surface area contributed by atoms with Gasteiger partial charge in [0.1, 0.15) is 0 Å². The maximum Gasteiger partial charge on any atom is 0.272 e. The number of hydrogen-bond acceptors (Lipinski definition) is 4. The maximum atomic E-state index is 11.3. The van der Waals surface area contributed by atoms with Gasteiger partial charge in [0.25, 0.3) is 5.91 Å². The number of alkyl halides is 1. The molecule has 0 saturated heterocycles. The van der Waals surface area contributed by atoms with Crippen molar-refractivity contribution in [3.05, 3.63) is 11.1 Å². The summed E-state index contributed by atoms with van der Waals surface area (Å²) in [6.07, 6.45) is 1.78.